The van der Waals surface area contributed by atoms with Crippen molar-refractivity contribution in [3.05, 3.63) is 52.7 Å². The molecule has 0 radical (unpaired) electrons. The van der Waals surface area contributed by atoms with Crippen molar-refractivity contribution in [2.45, 2.75) is 38.2 Å². The number of fused-ring (bicyclic) bond motifs is 2. The van der Waals surface area contributed by atoms with Crippen LogP contribution in [-0.2, 0) is 13.0 Å². The van der Waals surface area contributed by atoms with Gasteiger partial charge in [0, 0.05) is 63.5 Å². The van der Waals surface area contributed by atoms with E-state index in [2.05, 4.69) is 9.88 Å². The van der Waals surface area contributed by atoms with E-state index >= 15 is 0 Å². The maximum Gasteiger partial charge on any atom is 0.255 e. The topological polar surface area (TPSA) is 56.8 Å². The van der Waals surface area contributed by atoms with E-state index in [1.807, 2.05) is 24.3 Å². The van der Waals surface area contributed by atoms with Crippen LogP contribution in [0.5, 0.6) is 0 Å². The van der Waals surface area contributed by atoms with E-state index in [4.69, 9.17) is 0 Å². The molecule has 1 saturated heterocycles. The average molecular weight is 426 g/mol. The molecule has 0 saturated carbocycles. The predicted molar refractivity (Wildman–Crippen MR) is 112 cm³/mol. The van der Waals surface area contributed by atoms with Crippen LogP contribution < -0.4 is 4.90 Å². The van der Waals surface area contributed by atoms with E-state index in [0.717, 1.165) is 47.6 Å². The van der Waals surface area contributed by atoms with Gasteiger partial charge in [0.15, 0.2) is 0 Å². The molecule has 3 aliphatic heterocycles. The zero-order valence-corrected chi connectivity index (χ0v) is 17.4. The SMILES string of the molecule is CN1Cc2cc(N3CCCc4cc(C(=O)N5CCC(F)(F)CC5)cnc43)ccc2C1=O. The monoisotopic (exact) mass is 426 g/mol. The molecule has 4 heterocycles. The van der Waals surface area contributed by atoms with Gasteiger partial charge in [-0.05, 0) is 48.2 Å². The molecule has 5 rings (SSSR count). The summed E-state index contributed by atoms with van der Waals surface area (Å²) in [6, 6.07) is 7.71. The Kier molecular flexibility index (Phi) is 4.68. The number of rotatable bonds is 2. The number of carbonyl (C=O) groups excluding carboxylic acids is 2. The van der Waals surface area contributed by atoms with E-state index in [0.29, 0.717) is 12.1 Å². The molecule has 31 heavy (non-hydrogen) atoms. The van der Waals surface area contributed by atoms with Crippen LogP contribution in [0.1, 0.15) is 51.1 Å². The number of hydrogen-bond donors (Lipinski definition) is 0. The van der Waals surface area contributed by atoms with E-state index in [1.165, 1.54) is 4.90 Å². The fraction of sp³-hybridized carbons (Fsp3) is 0.435. The first-order valence-electron chi connectivity index (χ1n) is 10.6. The number of aromatic nitrogens is 1. The summed E-state index contributed by atoms with van der Waals surface area (Å²) in [4.78, 5) is 34.9. The van der Waals surface area contributed by atoms with Gasteiger partial charge in [0.25, 0.3) is 17.7 Å². The molecule has 0 unspecified atom stereocenters. The zero-order chi connectivity index (χ0) is 21.8. The molecule has 6 nitrogen and oxygen atoms in total. The minimum Gasteiger partial charge on any atom is -0.338 e. The highest BCUT2D eigenvalue weighted by molar-refractivity contribution is 5.99. The summed E-state index contributed by atoms with van der Waals surface area (Å²) in [5.74, 6) is -2.06. The Morgan fingerprint density at radius 1 is 1.10 bits per heavy atom. The fourth-order valence-corrected chi connectivity index (χ4v) is 4.67. The molecule has 1 aromatic heterocycles. The molecule has 8 heteroatoms. The number of hydrogen-bond acceptors (Lipinski definition) is 4. The van der Waals surface area contributed by atoms with Gasteiger partial charge in [-0.15, -0.1) is 0 Å². The third kappa shape index (κ3) is 3.54. The Labute approximate surface area is 179 Å². The third-order valence-electron chi connectivity index (χ3n) is 6.44. The molecule has 0 bridgehead atoms. The molecule has 0 atom stereocenters. The Morgan fingerprint density at radius 2 is 1.87 bits per heavy atom. The molecule has 0 spiro atoms. The second-order valence-electron chi connectivity index (χ2n) is 8.61. The van der Waals surface area contributed by atoms with Crippen LogP contribution >= 0.6 is 0 Å². The predicted octanol–water partition coefficient (Wildman–Crippen LogP) is 3.62. The van der Waals surface area contributed by atoms with Crippen LogP contribution in [0.15, 0.2) is 30.5 Å². The minimum absolute atomic E-state index is 0.0392. The Balaban J connectivity index is 1.40. The minimum atomic E-state index is -2.68. The number of benzene rings is 1. The van der Waals surface area contributed by atoms with Gasteiger partial charge >= 0.3 is 0 Å². The van der Waals surface area contributed by atoms with Crippen molar-refractivity contribution >= 4 is 23.3 Å². The van der Waals surface area contributed by atoms with Crippen molar-refractivity contribution in [1.82, 2.24) is 14.8 Å². The van der Waals surface area contributed by atoms with Crippen LogP contribution in [0.25, 0.3) is 0 Å². The standard InChI is InChI=1S/C23H24F2N4O2/c1-27-14-17-12-18(4-5-19(17)22(27)31)29-8-2-3-15-11-16(13-26-20(15)29)21(30)28-9-6-23(24,25)7-10-28/h4-5,11-13H,2-3,6-10,14H2,1H3. The van der Waals surface area contributed by atoms with Gasteiger partial charge in [-0.1, -0.05) is 0 Å². The summed E-state index contributed by atoms with van der Waals surface area (Å²) in [5.41, 5.74) is 4.16. The number of alkyl halides is 2. The summed E-state index contributed by atoms with van der Waals surface area (Å²) < 4.78 is 26.8. The summed E-state index contributed by atoms with van der Waals surface area (Å²) in [6.45, 7) is 1.53. The average Bonchev–Trinajstić information content (AvgIpc) is 3.05. The normalized spacial score (nSPS) is 20.0. The lowest BCUT2D eigenvalue weighted by Gasteiger charge is -2.33. The summed E-state index contributed by atoms with van der Waals surface area (Å²) in [6.07, 6.45) is 2.70. The Bertz CT molecular complexity index is 1060. The van der Waals surface area contributed by atoms with Gasteiger partial charge in [-0.3, -0.25) is 9.59 Å². The lowest BCUT2D eigenvalue weighted by Crippen LogP contribution is -2.42. The summed E-state index contributed by atoms with van der Waals surface area (Å²) >= 11 is 0. The van der Waals surface area contributed by atoms with Gasteiger partial charge in [-0.25, -0.2) is 13.8 Å². The van der Waals surface area contributed by atoms with E-state index in [9.17, 15) is 18.4 Å². The first-order chi connectivity index (χ1) is 14.8. The Hall–Kier alpha value is -3.03. The first kappa shape index (κ1) is 19.9. The lowest BCUT2D eigenvalue weighted by atomic mass is 10.0. The number of likely N-dealkylation sites (tertiary alicyclic amines) is 1. The highest BCUT2D eigenvalue weighted by Gasteiger charge is 2.36. The molecular formula is C23H24F2N4O2. The van der Waals surface area contributed by atoms with E-state index in [-0.39, 0.29) is 37.7 Å². The molecule has 3 aliphatic rings. The third-order valence-corrected chi connectivity index (χ3v) is 6.44. The highest BCUT2D eigenvalue weighted by Crippen LogP contribution is 2.35. The van der Waals surface area contributed by atoms with E-state index in [1.54, 1.807) is 18.1 Å². The van der Waals surface area contributed by atoms with Crippen molar-refractivity contribution in [2.75, 3.05) is 31.6 Å². The van der Waals surface area contributed by atoms with Crippen LogP contribution in [0.4, 0.5) is 20.3 Å². The van der Waals surface area contributed by atoms with E-state index < -0.39 is 5.92 Å². The largest absolute Gasteiger partial charge is 0.338 e. The summed E-state index contributed by atoms with van der Waals surface area (Å²) in [7, 11) is 1.79. The number of piperidine rings is 1. The smallest absolute Gasteiger partial charge is 0.255 e. The second kappa shape index (κ2) is 7.28. The zero-order valence-electron chi connectivity index (χ0n) is 17.4. The molecule has 162 valence electrons. The van der Waals surface area contributed by atoms with Crippen molar-refractivity contribution in [3.63, 3.8) is 0 Å². The van der Waals surface area contributed by atoms with Crippen molar-refractivity contribution in [2.24, 2.45) is 0 Å². The number of halogens is 2. The van der Waals surface area contributed by atoms with Gasteiger partial charge in [0.2, 0.25) is 0 Å². The molecule has 0 N–H and O–H groups in total. The number of amides is 2. The van der Waals surface area contributed by atoms with Gasteiger partial charge < -0.3 is 14.7 Å². The molecule has 1 fully saturated rings. The highest BCUT2D eigenvalue weighted by atomic mass is 19.3. The first-order valence-corrected chi connectivity index (χ1v) is 10.6. The number of aryl methyl sites for hydroxylation is 1. The lowest BCUT2D eigenvalue weighted by molar-refractivity contribution is -0.0494. The quantitative estimate of drug-likeness (QED) is 0.736. The maximum atomic E-state index is 13.4. The molecule has 1 aromatic carbocycles. The van der Waals surface area contributed by atoms with Gasteiger partial charge in [0.05, 0.1) is 5.56 Å². The van der Waals surface area contributed by atoms with Gasteiger partial charge in [0.1, 0.15) is 5.82 Å². The number of carbonyl (C=O) groups is 2. The molecule has 2 aromatic rings. The van der Waals surface area contributed by atoms with Gasteiger partial charge in [-0.2, -0.15) is 0 Å². The van der Waals surface area contributed by atoms with Crippen LogP contribution in [-0.4, -0.2) is 59.2 Å². The van der Waals surface area contributed by atoms with Crippen molar-refractivity contribution in [1.29, 1.82) is 0 Å². The number of anilines is 2. The molecule has 0 aliphatic carbocycles. The molecular weight excluding hydrogens is 402 g/mol. The Morgan fingerprint density at radius 3 is 2.65 bits per heavy atom. The van der Waals surface area contributed by atoms with Crippen LogP contribution in [0.3, 0.4) is 0 Å². The second-order valence-corrected chi connectivity index (χ2v) is 8.61. The maximum absolute atomic E-state index is 13.4. The fourth-order valence-electron chi connectivity index (χ4n) is 4.67. The number of nitrogens with zero attached hydrogens (tertiary/aromatic N) is 4. The van der Waals surface area contributed by atoms with Crippen LogP contribution in [0, 0.1) is 0 Å². The summed E-state index contributed by atoms with van der Waals surface area (Å²) in [5, 5.41) is 0. The van der Waals surface area contributed by atoms with Crippen molar-refractivity contribution in [3.8, 4) is 0 Å². The molecule has 2 amide bonds. The number of pyridine rings is 1. The van der Waals surface area contributed by atoms with Crippen LogP contribution in [0.2, 0.25) is 0 Å². The van der Waals surface area contributed by atoms with Crippen molar-refractivity contribution < 1.29 is 18.4 Å².